The first-order valence-corrected chi connectivity index (χ1v) is 5.66. The molecule has 1 heterocycles. The van der Waals surface area contributed by atoms with Crippen LogP contribution in [0.2, 0.25) is 0 Å². The zero-order valence-corrected chi connectivity index (χ0v) is 10.2. The second-order valence-corrected chi connectivity index (χ2v) is 3.77. The third-order valence-corrected chi connectivity index (χ3v) is 2.35. The van der Waals surface area contributed by atoms with Crippen molar-refractivity contribution in [3.05, 3.63) is 29.8 Å². The monoisotopic (exact) mass is 207 g/mol. The molecule has 0 aromatic heterocycles. The van der Waals surface area contributed by atoms with Crippen LogP contribution in [0, 0.1) is 6.92 Å². The molecule has 0 radical (unpaired) electrons. The van der Waals surface area contributed by atoms with Crippen LogP contribution in [0.5, 0.6) is 5.75 Å². The van der Waals surface area contributed by atoms with Gasteiger partial charge in [0.05, 0.1) is 0 Å². The minimum absolute atomic E-state index is 0.396. The lowest BCUT2D eigenvalue weighted by molar-refractivity contribution is 0.0388. The predicted molar refractivity (Wildman–Crippen MR) is 64.4 cm³/mol. The highest BCUT2D eigenvalue weighted by Crippen LogP contribution is 2.17. The molecule has 0 bridgehead atoms. The lowest BCUT2D eigenvalue weighted by Crippen LogP contribution is -2.51. The van der Waals surface area contributed by atoms with Gasteiger partial charge in [0.1, 0.15) is 11.9 Å². The molecule has 0 aliphatic carbocycles. The van der Waals surface area contributed by atoms with E-state index in [1.165, 1.54) is 5.56 Å². The van der Waals surface area contributed by atoms with E-state index in [4.69, 9.17) is 4.74 Å². The highest BCUT2D eigenvalue weighted by atomic mass is 16.5. The Morgan fingerprint density at radius 1 is 1.13 bits per heavy atom. The van der Waals surface area contributed by atoms with Gasteiger partial charge in [0.25, 0.3) is 0 Å². The van der Waals surface area contributed by atoms with Crippen LogP contribution in [0.3, 0.4) is 0 Å². The van der Waals surface area contributed by atoms with Crippen LogP contribution in [0.1, 0.15) is 19.4 Å². The van der Waals surface area contributed by atoms with Gasteiger partial charge in [-0.3, -0.25) is 4.90 Å². The summed E-state index contributed by atoms with van der Waals surface area (Å²) in [4.78, 5) is 2.25. The summed E-state index contributed by atoms with van der Waals surface area (Å²) in [5.74, 6) is 0.990. The van der Waals surface area contributed by atoms with Gasteiger partial charge in [-0.05, 0) is 26.1 Å². The van der Waals surface area contributed by atoms with Crippen LogP contribution in [0.25, 0.3) is 0 Å². The molecule has 2 rings (SSSR count). The van der Waals surface area contributed by atoms with Gasteiger partial charge in [-0.25, -0.2) is 0 Å². The molecule has 84 valence electrons. The number of hydrogen-bond acceptors (Lipinski definition) is 2. The normalized spacial score (nSPS) is 16.3. The average Bonchev–Trinajstić information content (AvgIpc) is 2.22. The van der Waals surface area contributed by atoms with E-state index in [9.17, 15) is 0 Å². The van der Waals surface area contributed by atoms with Crippen molar-refractivity contribution < 1.29 is 4.74 Å². The Balaban J connectivity index is 0.000000531. The van der Waals surface area contributed by atoms with E-state index in [2.05, 4.69) is 31.0 Å². The molecule has 0 spiro atoms. The number of likely N-dealkylation sites (N-methyl/N-ethyl adjacent to an activating group) is 1. The summed E-state index contributed by atoms with van der Waals surface area (Å²) in [5, 5.41) is 0. The van der Waals surface area contributed by atoms with Crippen molar-refractivity contribution in [2.75, 3.05) is 20.1 Å². The topological polar surface area (TPSA) is 12.5 Å². The number of ether oxygens (including phenoxy) is 1. The summed E-state index contributed by atoms with van der Waals surface area (Å²) in [6, 6.07) is 8.23. The zero-order chi connectivity index (χ0) is 11.3. The van der Waals surface area contributed by atoms with Crippen LogP contribution in [0.4, 0.5) is 0 Å². The number of nitrogens with zero attached hydrogens (tertiary/aromatic N) is 1. The van der Waals surface area contributed by atoms with E-state index in [0.29, 0.717) is 6.10 Å². The van der Waals surface area contributed by atoms with Crippen LogP contribution < -0.4 is 4.74 Å². The molecule has 1 saturated heterocycles. The largest absolute Gasteiger partial charge is 0.488 e. The standard InChI is InChI=1S/C11H15NO.C2H6/c1-9-3-5-10(6-4-9)13-11-7-12(2)8-11;1-2/h3-6,11H,7-8H2,1-2H3;1-2H3. The van der Waals surface area contributed by atoms with Crippen molar-refractivity contribution in [1.29, 1.82) is 0 Å². The van der Waals surface area contributed by atoms with Gasteiger partial charge in [-0.2, -0.15) is 0 Å². The molecule has 0 N–H and O–H groups in total. The molecular weight excluding hydrogens is 186 g/mol. The lowest BCUT2D eigenvalue weighted by Gasteiger charge is -2.35. The Labute approximate surface area is 92.9 Å². The van der Waals surface area contributed by atoms with Crippen molar-refractivity contribution in [1.82, 2.24) is 4.90 Å². The zero-order valence-electron chi connectivity index (χ0n) is 10.2. The van der Waals surface area contributed by atoms with Gasteiger partial charge >= 0.3 is 0 Å². The maximum Gasteiger partial charge on any atom is 0.124 e. The highest BCUT2D eigenvalue weighted by molar-refractivity contribution is 5.26. The van der Waals surface area contributed by atoms with E-state index in [1.807, 2.05) is 26.0 Å². The Morgan fingerprint density at radius 3 is 2.13 bits per heavy atom. The molecule has 15 heavy (non-hydrogen) atoms. The highest BCUT2D eigenvalue weighted by Gasteiger charge is 2.24. The van der Waals surface area contributed by atoms with E-state index in [-0.39, 0.29) is 0 Å². The predicted octanol–water partition coefficient (Wildman–Crippen LogP) is 2.71. The summed E-state index contributed by atoms with van der Waals surface area (Å²) in [6.45, 7) is 8.18. The quantitative estimate of drug-likeness (QED) is 0.739. The van der Waals surface area contributed by atoms with Gasteiger partial charge in [-0.15, -0.1) is 0 Å². The van der Waals surface area contributed by atoms with Crippen LogP contribution in [-0.4, -0.2) is 31.1 Å². The fourth-order valence-electron chi connectivity index (χ4n) is 1.53. The first-order chi connectivity index (χ1) is 7.24. The third kappa shape index (κ3) is 3.56. The van der Waals surface area contributed by atoms with E-state index in [1.54, 1.807) is 0 Å². The molecule has 2 heteroatoms. The molecule has 0 amide bonds. The third-order valence-electron chi connectivity index (χ3n) is 2.35. The molecule has 1 aliphatic rings. The van der Waals surface area contributed by atoms with Gasteiger partial charge in [0.2, 0.25) is 0 Å². The Bertz CT molecular complexity index is 275. The maximum absolute atomic E-state index is 5.73. The summed E-state index contributed by atoms with van der Waals surface area (Å²) in [5.41, 5.74) is 1.28. The number of hydrogen-bond donors (Lipinski definition) is 0. The number of rotatable bonds is 2. The molecule has 1 fully saturated rings. The smallest absolute Gasteiger partial charge is 0.124 e. The van der Waals surface area contributed by atoms with Crippen molar-refractivity contribution in [2.24, 2.45) is 0 Å². The van der Waals surface area contributed by atoms with Crippen LogP contribution >= 0.6 is 0 Å². The van der Waals surface area contributed by atoms with Gasteiger partial charge < -0.3 is 4.74 Å². The maximum atomic E-state index is 5.73. The van der Waals surface area contributed by atoms with Crippen molar-refractivity contribution in [3.8, 4) is 5.75 Å². The number of likely N-dealkylation sites (tertiary alicyclic amines) is 1. The molecule has 1 aliphatic heterocycles. The van der Waals surface area contributed by atoms with Crippen molar-refractivity contribution >= 4 is 0 Å². The average molecular weight is 207 g/mol. The number of benzene rings is 1. The summed E-state index contributed by atoms with van der Waals surface area (Å²) in [7, 11) is 2.11. The molecule has 0 saturated carbocycles. The summed E-state index contributed by atoms with van der Waals surface area (Å²) in [6.07, 6.45) is 0.396. The van der Waals surface area contributed by atoms with Gasteiger partial charge in [0, 0.05) is 13.1 Å². The molecule has 0 atom stereocenters. The minimum atomic E-state index is 0.396. The van der Waals surface area contributed by atoms with Crippen molar-refractivity contribution in [2.45, 2.75) is 26.9 Å². The fourth-order valence-corrected chi connectivity index (χ4v) is 1.53. The molecule has 0 unspecified atom stereocenters. The molecule has 2 nitrogen and oxygen atoms in total. The molecule has 1 aromatic rings. The SMILES string of the molecule is CC.Cc1ccc(OC2CN(C)C2)cc1. The Morgan fingerprint density at radius 2 is 1.67 bits per heavy atom. The van der Waals surface area contributed by atoms with E-state index >= 15 is 0 Å². The second kappa shape index (κ2) is 5.76. The Hall–Kier alpha value is -1.02. The minimum Gasteiger partial charge on any atom is -0.488 e. The van der Waals surface area contributed by atoms with Gasteiger partial charge in [-0.1, -0.05) is 31.5 Å². The van der Waals surface area contributed by atoms with Gasteiger partial charge in [0.15, 0.2) is 0 Å². The van der Waals surface area contributed by atoms with Crippen LogP contribution in [0.15, 0.2) is 24.3 Å². The summed E-state index contributed by atoms with van der Waals surface area (Å²) >= 11 is 0. The first-order valence-electron chi connectivity index (χ1n) is 5.66. The molecular formula is C13H21NO. The summed E-state index contributed by atoms with van der Waals surface area (Å²) < 4.78 is 5.73. The number of aryl methyl sites for hydroxylation is 1. The van der Waals surface area contributed by atoms with Crippen molar-refractivity contribution in [3.63, 3.8) is 0 Å². The first kappa shape index (κ1) is 12.1. The van der Waals surface area contributed by atoms with E-state index < -0.39 is 0 Å². The lowest BCUT2D eigenvalue weighted by atomic mass is 10.2. The van der Waals surface area contributed by atoms with Crippen LogP contribution in [-0.2, 0) is 0 Å². The molecule has 1 aromatic carbocycles. The fraction of sp³-hybridized carbons (Fsp3) is 0.538. The Kier molecular flexibility index (Phi) is 4.63. The second-order valence-electron chi connectivity index (χ2n) is 3.77. The van der Waals surface area contributed by atoms with E-state index in [0.717, 1.165) is 18.8 Å².